The van der Waals surface area contributed by atoms with E-state index in [-0.39, 0.29) is 5.60 Å². The Bertz CT molecular complexity index is 266. The van der Waals surface area contributed by atoms with Gasteiger partial charge in [0.1, 0.15) is 0 Å². The highest BCUT2D eigenvalue weighted by Gasteiger charge is 2.56. The molecule has 0 heterocycles. The third-order valence-corrected chi connectivity index (χ3v) is 6.14. The highest BCUT2D eigenvalue weighted by molar-refractivity contribution is 5.06. The van der Waals surface area contributed by atoms with Crippen LogP contribution < -0.4 is 0 Å². The molecule has 98 valence electrons. The second-order valence-electron chi connectivity index (χ2n) is 7.56. The van der Waals surface area contributed by atoms with Crippen LogP contribution in [-0.4, -0.2) is 11.7 Å². The summed E-state index contributed by atoms with van der Waals surface area (Å²) in [5.74, 6) is 4.45. The molecule has 4 aliphatic rings. The van der Waals surface area contributed by atoms with Gasteiger partial charge in [0.15, 0.2) is 0 Å². The summed E-state index contributed by atoms with van der Waals surface area (Å²) in [5, 5.41) is 0. The van der Waals surface area contributed by atoms with E-state index in [0.29, 0.717) is 12.0 Å². The third-order valence-electron chi connectivity index (χ3n) is 6.14. The van der Waals surface area contributed by atoms with Crippen molar-refractivity contribution in [2.75, 3.05) is 0 Å². The molecule has 0 aromatic rings. The monoisotopic (exact) mass is 236 g/mol. The molecule has 0 aromatic carbocycles. The van der Waals surface area contributed by atoms with Gasteiger partial charge in [-0.25, -0.2) is 0 Å². The highest BCUT2D eigenvalue weighted by atomic mass is 16.5. The first kappa shape index (κ1) is 12.0. The van der Waals surface area contributed by atoms with E-state index in [2.05, 4.69) is 27.7 Å². The molecule has 0 aromatic heterocycles. The fraction of sp³-hybridized carbons (Fsp3) is 1.00. The summed E-state index contributed by atoms with van der Waals surface area (Å²) in [5.41, 5.74) is 0.205. The van der Waals surface area contributed by atoms with Crippen LogP contribution in [0.2, 0.25) is 0 Å². The van der Waals surface area contributed by atoms with Gasteiger partial charge in [0.2, 0.25) is 0 Å². The average molecular weight is 236 g/mol. The summed E-state index contributed by atoms with van der Waals surface area (Å²) in [6.45, 7) is 9.26. The van der Waals surface area contributed by atoms with E-state index in [1.54, 1.807) is 0 Å². The molecule has 17 heavy (non-hydrogen) atoms. The Morgan fingerprint density at radius 2 is 1.35 bits per heavy atom. The molecule has 4 rings (SSSR count). The molecular formula is C16H28O. The van der Waals surface area contributed by atoms with E-state index in [1.165, 1.54) is 32.1 Å². The van der Waals surface area contributed by atoms with Crippen molar-refractivity contribution in [1.29, 1.82) is 0 Å². The molecule has 0 amide bonds. The van der Waals surface area contributed by atoms with Crippen LogP contribution in [0.25, 0.3) is 0 Å². The number of rotatable bonds is 3. The molecule has 0 saturated heterocycles. The number of hydrogen-bond donors (Lipinski definition) is 0. The van der Waals surface area contributed by atoms with Gasteiger partial charge in [-0.3, -0.25) is 0 Å². The minimum Gasteiger partial charge on any atom is -0.372 e. The fourth-order valence-corrected chi connectivity index (χ4v) is 4.85. The van der Waals surface area contributed by atoms with Gasteiger partial charge in [-0.1, -0.05) is 13.8 Å². The first-order chi connectivity index (χ1) is 7.99. The van der Waals surface area contributed by atoms with Crippen molar-refractivity contribution in [3.63, 3.8) is 0 Å². The molecule has 1 atom stereocenters. The lowest BCUT2D eigenvalue weighted by Gasteiger charge is -2.60. The van der Waals surface area contributed by atoms with Gasteiger partial charge in [0, 0.05) is 0 Å². The van der Waals surface area contributed by atoms with Crippen molar-refractivity contribution in [1.82, 2.24) is 0 Å². The molecule has 0 N–H and O–H groups in total. The Hall–Kier alpha value is -0.0400. The maximum absolute atomic E-state index is 6.58. The van der Waals surface area contributed by atoms with E-state index in [1.807, 2.05) is 0 Å². The van der Waals surface area contributed by atoms with Gasteiger partial charge < -0.3 is 4.74 Å². The first-order valence-electron chi connectivity index (χ1n) is 7.67. The van der Waals surface area contributed by atoms with E-state index in [0.717, 1.165) is 23.7 Å². The molecule has 1 unspecified atom stereocenters. The van der Waals surface area contributed by atoms with Gasteiger partial charge in [-0.15, -0.1) is 0 Å². The lowest BCUT2D eigenvalue weighted by Crippen LogP contribution is -2.58. The molecule has 1 nitrogen and oxygen atoms in total. The lowest BCUT2D eigenvalue weighted by atomic mass is 9.50. The van der Waals surface area contributed by atoms with Crippen LogP contribution >= 0.6 is 0 Å². The Balaban J connectivity index is 1.78. The van der Waals surface area contributed by atoms with E-state index in [4.69, 9.17) is 4.74 Å². The molecule has 4 saturated carbocycles. The van der Waals surface area contributed by atoms with Gasteiger partial charge >= 0.3 is 0 Å². The zero-order valence-corrected chi connectivity index (χ0v) is 11.9. The molecule has 0 aliphatic heterocycles. The largest absolute Gasteiger partial charge is 0.372 e. The topological polar surface area (TPSA) is 9.23 Å². The minimum atomic E-state index is 0.205. The first-order valence-corrected chi connectivity index (χ1v) is 7.67. The maximum Gasteiger partial charge on any atom is 0.0714 e. The maximum atomic E-state index is 6.58. The summed E-state index contributed by atoms with van der Waals surface area (Å²) in [6, 6.07) is 0. The van der Waals surface area contributed by atoms with Crippen molar-refractivity contribution in [3.05, 3.63) is 0 Å². The Morgan fingerprint density at radius 3 is 1.76 bits per heavy atom. The minimum absolute atomic E-state index is 0.205. The van der Waals surface area contributed by atoms with Crippen LogP contribution in [0.5, 0.6) is 0 Å². The van der Waals surface area contributed by atoms with E-state index >= 15 is 0 Å². The zero-order chi connectivity index (χ0) is 12.2. The zero-order valence-electron chi connectivity index (χ0n) is 11.9. The smallest absolute Gasteiger partial charge is 0.0714 e. The van der Waals surface area contributed by atoms with E-state index < -0.39 is 0 Å². The third kappa shape index (κ3) is 1.85. The van der Waals surface area contributed by atoms with Crippen LogP contribution in [0.15, 0.2) is 0 Å². The van der Waals surface area contributed by atoms with Crippen molar-refractivity contribution in [3.8, 4) is 0 Å². The number of hydrogen-bond acceptors (Lipinski definition) is 1. The standard InChI is InChI=1S/C16H28O/c1-10(2)11(3)17-16(4)14-6-12-5-13(8-14)9-15(16)7-12/h10-15H,5-9H2,1-4H3. The highest BCUT2D eigenvalue weighted by Crippen LogP contribution is 2.59. The molecule has 4 bridgehead atoms. The van der Waals surface area contributed by atoms with E-state index in [9.17, 15) is 0 Å². The van der Waals surface area contributed by atoms with Crippen molar-refractivity contribution in [2.24, 2.45) is 29.6 Å². The molecule has 0 radical (unpaired) electrons. The predicted octanol–water partition coefficient (Wildman–Crippen LogP) is 4.26. The Kier molecular flexibility index (Phi) is 2.81. The van der Waals surface area contributed by atoms with Crippen molar-refractivity contribution >= 4 is 0 Å². The second kappa shape index (κ2) is 3.98. The molecule has 4 aliphatic carbocycles. The average Bonchev–Trinajstić information content (AvgIpc) is 2.25. The van der Waals surface area contributed by atoms with Crippen LogP contribution in [-0.2, 0) is 4.74 Å². The van der Waals surface area contributed by atoms with Crippen LogP contribution in [0.4, 0.5) is 0 Å². The second-order valence-corrected chi connectivity index (χ2v) is 7.56. The fourth-order valence-electron chi connectivity index (χ4n) is 4.85. The SMILES string of the molecule is CC(C)C(C)OC1(C)C2CC3CC(C2)CC1C3. The van der Waals surface area contributed by atoms with Crippen molar-refractivity contribution in [2.45, 2.75) is 71.5 Å². The van der Waals surface area contributed by atoms with Gasteiger partial charge in [0.25, 0.3) is 0 Å². The quantitative estimate of drug-likeness (QED) is 0.711. The predicted molar refractivity (Wildman–Crippen MR) is 70.8 cm³/mol. The van der Waals surface area contributed by atoms with Gasteiger partial charge in [0.05, 0.1) is 11.7 Å². The summed E-state index contributed by atoms with van der Waals surface area (Å²) in [4.78, 5) is 0. The summed E-state index contributed by atoms with van der Waals surface area (Å²) >= 11 is 0. The Labute approximate surface area is 106 Å². The van der Waals surface area contributed by atoms with Gasteiger partial charge in [-0.05, 0) is 75.5 Å². The van der Waals surface area contributed by atoms with Crippen molar-refractivity contribution < 1.29 is 4.74 Å². The van der Waals surface area contributed by atoms with Crippen LogP contribution in [0.3, 0.4) is 0 Å². The normalized spacial score (nSPS) is 49.9. The summed E-state index contributed by atoms with van der Waals surface area (Å²) in [6.07, 6.45) is 7.76. The summed E-state index contributed by atoms with van der Waals surface area (Å²) < 4.78 is 6.58. The molecule has 0 spiro atoms. The lowest BCUT2D eigenvalue weighted by molar-refractivity contribution is -0.219. The van der Waals surface area contributed by atoms with Gasteiger partial charge in [-0.2, -0.15) is 0 Å². The Morgan fingerprint density at radius 1 is 0.882 bits per heavy atom. The molecule has 4 fully saturated rings. The summed E-state index contributed by atoms with van der Waals surface area (Å²) in [7, 11) is 0. The van der Waals surface area contributed by atoms with Crippen LogP contribution in [0.1, 0.15) is 59.8 Å². The molecular weight excluding hydrogens is 208 g/mol. The molecule has 1 heteroatoms. The van der Waals surface area contributed by atoms with Crippen LogP contribution in [0, 0.1) is 29.6 Å². The number of ether oxygens (including phenoxy) is 1.